The van der Waals surface area contributed by atoms with Gasteiger partial charge in [-0.1, -0.05) is 26.0 Å². The molecule has 0 atom stereocenters. The summed E-state index contributed by atoms with van der Waals surface area (Å²) in [7, 11) is 0. The van der Waals surface area contributed by atoms with Gasteiger partial charge < -0.3 is 20.3 Å². The fraction of sp³-hybridized carbons (Fsp3) is 0.391. The zero-order chi connectivity index (χ0) is 22.4. The summed E-state index contributed by atoms with van der Waals surface area (Å²) in [6.45, 7) is 2.17. The van der Waals surface area contributed by atoms with Crippen LogP contribution in [0.1, 0.15) is 37.0 Å². The molecule has 3 rings (SSSR count). The van der Waals surface area contributed by atoms with Crippen LogP contribution in [0.5, 0.6) is 5.75 Å². The Bertz CT molecular complexity index is 895. The van der Waals surface area contributed by atoms with Crippen molar-refractivity contribution >= 4 is 23.2 Å². The van der Waals surface area contributed by atoms with E-state index in [0.29, 0.717) is 42.9 Å². The number of likely N-dealkylation sites (tertiary alicyclic amines) is 1. The number of nitrogens with one attached hydrogen (secondary N) is 2. The van der Waals surface area contributed by atoms with Gasteiger partial charge in [0.05, 0.1) is 11.3 Å². The summed E-state index contributed by atoms with van der Waals surface area (Å²) in [5, 5.41) is 6.21. The molecule has 0 bridgehead atoms. The van der Waals surface area contributed by atoms with Crippen molar-refractivity contribution < 1.29 is 23.1 Å². The number of hydrogen-bond donors (Lipinski definition) is 2. The van der Waals surface area contributed by atoms with Crippen LogP contribution in [0.25, 0.3) is 0 Å². The van der Waals surface area contributed by atoms with Crippen LogP contribution in [0.4, 0.5) is 20.2 Å². The van der Waals surface area contributed by atoms with Crippen LogP contribution in [0.15, 0.2) is 48.5 Å². The van der Waals surface area contributed by atoms with Crippen LogP contribution in [-0.4, -0.2) is 42.5 Å². The average Bonchev–Trinajstić information content (AvgIpc) is 2.75. The van der Waals surface area contributed by atoms with Crippen molar-refractivity contribution in [3.63, 3.8) is 0 Å². The van der Waals surface area contributed by atoms with E-state index in [4.69, 9.17) is 0 Å². The predicted octanol–water partition coefficient (Wildman–Crippen LogP) is 4.41. The van der Waals surface area contributed by atoms with Gasteiger partial charge in [0.25, 0.3) is 5.91 Å². The van der Waals surface area contributed by atoms with Crippen molar-refractivity contribution in [3.8, 4) is 5.75 Å². The van der Waals surface area contributed by atoms with Crippen molar-refractivity contribution in [1.29, 1.82) is 0 Å². The first-order chi connectivity index (χ1) is 14.8. The highest BCUT2D eigenvalue weighted by molar-refractivity contribution is 6.00. The number of ether oxygens (including phenoxy) is 1. The van der Waals surface area contributed by atoms with Gasteiger partial charge in [-0.3, -0.25) is 9.59 Å². The SMILES string of the molecule is CC(C)C(=O)N1CCC(NC(=O)c2ccccc2Nc2ccc(OC(F)F)cc2)CC1. The summed E-state index contributed by atoms with van der Waals surface area (Å²) in [4.78, 5) is 26.9. The summed E-state index contributed by atoms with van der Waals surface area (Å²) in [6.07, 6.45) is 1.43. The van der Waals surface area contributed by atoms with E-state index in [1.807, 2.05) is 24.8 Å². The number of benzene rings is 2. The number of halogens is 2. The molecule has 0 spiro atoms. The van der Waals surface area contributed by atoms with Gasteiger partial charge in [-0.15, -0.1) is 0 Å². The molecule has 6 nitrogen and oxygen atoms in total. The number of nitrogens with zero attached hydrogens (tertiary/aromatic N) is 1. The molecule has 0 aliphatic carbocycles. The van der Waals surface area contributed by atoms with Gasteiger partial charge >= 0.3 is 6.61 Å². The Labute approximate surface area is 180 Å². The summed E-state index contributed by atoms with van der Waals surface area (Å²) in [5.74, 6) is -0.0207. The summed E-state index contributed by atoms with van der Waals surface area (Å²) >= 11 is 0. The maximum atomic E-state index is 12.9. The molecule has 166 valence electrons. The van der Waals surface area contributed by atoms with Crippen molar-refractivity contribution in [2.75, 3.05) is 18.4 Å². The highest BCUT2D eigenvalue weighted by Crippen LogP contribution is 2.24. The van der Waals surface area contributed by atoms with Gasteiger partial charge in [0, 0.05) is 30.7 Å². The van der Waals surface area contributed by atoms with Crippen LogP contribution < -0.4 is 15.4 Å². The molecule has 1 fully saturated rings. The van der Waals surface area contributed by atoms with E-state index < -0.39 is 6.61 Å². The average molecular weight is 431 g/mol. The van der Waals surface area contributed by atoms with Gasteiger partial charge in [0.2, 0.25) is 5.91 Å². The van der Waals surface area contributed by atoms with E-state index in [1.165, 1.54) is 12.1 Å². The lowest BCUT2D eigenvalue weighted by Gasteiger charge is -2.33. The minimum Gasteiger partial charge on any atom is -0.435 e. The molecule has 1 aliphatic heterocycles. The van der Waals surface area contributed by atoms with E-state index >= 15 is 0 Å². The standard InChI is InChI=1S/C23H27F2N3O3/c1-15(2)22(30)28-13-11-17(12-14-28)27-21(29)19-5-3-4-6-20(19)26-16-7-9-18(10-8-16)31-23(24)25/h3-10,15,17,23,26H,11-14H2,1-2H3,(H,27,29). The Morgan fingerprint density at radius 3 is 2.29 bits per heavy atom. The number of rotatable bonds is 7. The van der Waals surface area contributed by atoms with Gasteiger partial charge in [0.1, 0.15) is 5.75 Å². The molecular weight excluding hydrogens is 404 g/mol. The van der Waals surface area contributed by atoms with Gasteiger partial charge in [-0.2, -0.15) is 8.78 Å². The molecule has 8 heteroatoms. The minimum absolute atomic E-state index is 0.00236. The fourth-order valence-electron chi connectivity index (χ4n) is 3.54. The second kappa shape index (κ2) is 10.2. The molecule has 1 saturated heterocycles. The Kier molecular flexibility index (Phi) is 7.44. The topological polar surface area (TPSA) is 70.7 Å². The van der Waals surface area contributed by atoms with Gasteiger partial charge in [-0.25, -0.2) is 0 Å². The molecule has 2 aromatic rings. The third-order valence-electron chi connectivity index (χ3n) is 5.17. The van der Waals surface area contributed by atoms with E-state index in [2.05, 4.69) is 15.4 Å². The Hall–Kier alpha value is -3.16. The molecule has 31 heavy (non-hydrogen) atoms. The fourth-order valence-corrected chi connectivity index (χ4v) is 3.54. The van der Waals surface area contributed by atoms with Gasteiger partial charge in [-0.05, 0) is 49.2 Å². The Morgan fingerprint density at radius 2 is 1.68 bits per heavy atom. The number of alkyl halides is 2. The second-order valence-corrected chi connectivity index (χ2v) is 7.80. The number of carbonyl (C=O) groups excluding carboxylic acids is 2. The summed E-state index contributed by atoms with van der Waals surface area (Å²) in [6, 6.07) is 13.2. The first kappa shape index (κ1) is 22.5. The highest BCUT2D eigenvalue weighted by Gasteiger charge is 2.25. The van der Waals surface area contributed by atoms with Crippen LogP contribution in [0.2, 0.25) is 0 Å². The zero-order valence-electron chi connectivity index (χ0n) is 17.6. The van der Waals surface area contributed by atoms with Crippen molar-refractivity contribution in [1.82, 2.24) is 10.2 Å². The monoisotopic (exact) mass is 431 g/mol. The highest BCUT2D eigenvalue weighted by atomic mass is 19.3. The lowest BCUT2D eigenvalue weighted by Crippen LogP contribution is -2.47. The minimum atomic E-state index is -2.88. The summed E-state index contributed by atoms with van der Waals surface area (Å²) in [5.41, 5.74) is 1.73. The van der Waals surface area contributed by atoms with Crippen molar-refractivity contribution in [3.05, 3.63) is 54.1 Å². The Balaban J connectivity index is 1.61. The van der Waals surface area contributed by atoms with E-state index in [1.54, 1.807) is 30.3 Å². The first-order valence-electron chi connectivity index (χ1n) is 10.3. The van der Waals surface area contributed by atoms with Crippen LogP contribution >= 0.6 is 0 Å². The molecule has 2 aromatic carbocycles. The third-order valence-corrected chi connectivity index (χ3v) is 5.17. The molecule has 1 aliphatic rings. The molecule has 2 N–H and O–H groups in total. The van der Waals surface area contributed by atoms with Crippen molar-refractivity contribution in [2.24, 2.45) is 5.92 Å². The number of hydrogen-bond acceptors (Lipinski definition) is 4. The first-order valence-corrected chi connectivity index (χ1v) is 10.3. The maximum Gasteiger partial charge on any atom is 0.387 e. The Morgan fingerprint density at radius 1 is 1.03 bits per heavy atom. The normalized spacial score (nSPS) is 14.6. The number of para-hydroxylation sites is 1. The molecule has 2 amide bonds. The number of amides is 2. The van der Waals surface area contributed by atoms with E-state index in [-0.39, 0.29) is 29.5 Å². The number of carbonyl (C=O) groups is 2. The van der Waals surface area contributed by atoms with Crippen LogP contribution in [-0.2, 0) is 4.79 Å². The largest absolute Gasteiger partial charge is 0.435 e. The van der Waals surface area contributed by atoms with E-state index in [9.17, 15) is 18.4 Å². The maximum absolute atomic E-state index is 12.9. The van der Waals surface area contributed by atoms with E-state index in [0.717, 1.165) is 0 Å². The predicted molar refractivity (Wildman–Crippen MR) is 115 cm³/mol. The van der Waals surface area contributed by atoms with Crippen molar-refractivity contribution in [2.45, 2.75) is 39.3 Å². The lowest BCUT2D eigenvalue weighted by atomic mass is 10.0. The summed E-state index contributed by atoms with van der Waals surface area (Å²) < 4.78 is 28.9. The molecule has 0 radical (unpaired) electrons. The lowest BCUT2D eigenvalue weighted by molar-refractivity contribution is -0.135. The second-order valence-electron chi connectivity index (χ2n) is 7.80. The third kappa shape index (κ3) is 6.16. The quantitative estimate of drug-likeness (QED) is 0.681. The smallest absolute Gasteiger partial charge is 0.387 e. The number of anilines is 2. The molecule has 0 aromatic heterocycles. The molecule has 0 unspecified atom stereocenters. The molecule has 0 saturated carbocycles. The molecule has 1 heterocycles. The van der Waals surface area contributed by atoms with Gasteiger partial charge in [0.15, 0.2) is 0 Å². The number of piperidine rings is 1. The van der Waals surface area contributed by atoms with Crippen LogP contribution in [0, 0.1) is 5.92 Å². The van der Waals surface area contributed by atoms with Crippen LogP contribution in [0.3, 0.4) is 0 Å². The zero-order valence-corrected chi connectivity index (χ0v) is 17.6. The molecular formula is C23H27F2N3O3.